The molecule has 0 aliphatic heterocycles. The first kappa shape index (κ1) is 19.4. The van der Waals surface area contributed by atoms with Gasteiger partial charge in [-0.05, 0) is 47.0 Å². The number of rotatable bonds is 3. The van der Waals surface area contributed by atoms with Crippen LogP contribution in [0.3, 0.4) is 0 Å². The number of benzene rings is 3. The lowest BCUT2D eigenvalue weighted by Crippen LogP contribution is -1.99. The summed E-state index contributed by atoms with van der Waals surface area (Å²) in [6.45, 7) is 0. The first-order chi connectivity index (χ1) is 13.4. The maximum absolute atomic E-state index is 13.0. The SMILES string of the molecule is Nc1nc2ccc(F)cc2s1.O=C(O)Cc1ccc(-c2cccc(F)c2)cc1. The van der Waals surface area contributed by atoms with Crippen LogP contribution in [-0.4, -0.2) is 16.1 Å². The number of nitrogen functional groups attached to an aromatic ring is 1. The van der Waals surface area contributed by atoms with E-state index in [1.54, 1.807) is 36.4 Å². The van der Waals surface area contributed by atoms with Crippen LogP contribution in [0.2, 0.25) is 0 Å². The molecule has 4 aromatic rings. The van der Waals surface area contributed by atoms with Crippen LogP contribution in [0.5, 0.6) is 0 Å². The zero-order valence-electron chi connectivity index (χ0n) is 14.6. The van der Waals surface area contributed by atoms with Gasteiger partial charge >= 0.3 is 5.97 Å². The number of anilines is 1. The van der Waals surface area contributed by atoms with Gasteiger partial charge in [0.1, 0.15) is 11.6 Å². The molecule has 0 unspecified atom stereocenters. The lowest BCUT2D eigenvalue weighted by molar-refractivity contribution is -0.136. The molecular weight excluding hydrogens is 382 g/mol. The largest absolute Gasteiger partial charge is 0.481 e. The smallest absolute Gasteiger partial charge is 0.307 e. The van der Waals surface area contributed by atoms with Crippen molar-refractivity contribution in [1.29, 1.82) is 0 Å². The Hall–Kier alpha value is -3.32. The number of aromatic nitrogens is 1. The Balaban J connectivity index is 0.000000176. The van der Waals surface area contributed by atoms with E-state index in [2.05, 4.69) is 4.98 Å². The fourth-order valence-corrected chi connectivity index (χ4v) is 3.33. The molecule has 0 aliphatic rings. The molecule has 3 N–H and O–H groups in total. The Labute approximate surface area is 163 Å². The highest BCUT2D eigenvalue weighted by molar-refractivity contribution is 7.22. The summed E-state index contributed by atoms with van der Waals surface area (Å²) < 4.78 is 26.4. The molecule has 4 rings (SSSR count). The highest BCUT2D eigenvalue weighted by atomic mass is 32.1. The summed E-state index contributed by atoms with van der Waals surface area (Å²) in [4.78, 5) is 14.5. The third-order valence-corrected chi connectivity index (χ3v) is 4.68. The number of carboxylic acids is 1. The molecule has 0 amide bonds. The molecule has 0 spiro atoms. The summed E-state index contributed by atoms with van der Waals surface area (Å²) in [6, 6.07) is 17.8. The van der Waals surface area contributed by atoms with Gasteiger partial charge in [0, 0.05) is 0 Å². The van der Waals surface area contributed by atoms with Crippen molar-refractivity contribution in [3.8, 4) is 11.1 Å². The molecule has 0 aliphatic carbocycles. The van der Waals surface area contributed by atoms with Gasteiger partial charge in [-0.25, -0.2) is 13.8 Å². The number of nitrogens with zero attached hydrogens (tertiary/aromatic N) is 1. The third kappa shape index (κ3) is 5.11. The van der Waals surface area contributed by atoms with Crippen molar-refractivity contribution in [1.82, 2.24) is 4.98 Å². The van der Waals surface area contributed by atoms with E-state index in [-0.39, 0.29) is 18.1 Å². The summed E-state index contributed by atoms with van der Waals surface area (Å²) >= 11 is 1.29. The second-order valence-electron chi connectivity index (χ2n) is 5.94. The van der Waals surface area contributed by atoms with E-state index in [1.807, 2.05) is 6.07 Å². The monoisotopic (exact) mass is 398 g/mol. The van der Waals surface area contributed by atoms with Crippen molar-refractivity contribution < 1.29 is 18.7 Å². The molecular formula is C21H16F2N2O2S. The van der Waals surface area contributed by atoms with Crippen LogP contribution in [0.25, 0.3) is 21.3 Å². The summed E-state index contributed by atoms with van der Waals surface area (Å²) in [6.07, 6.45) is 0.00340. The standard InChI is InChI=1S/C14H11FO2.C7H5FN2S/c15-13-3-1-2-12(9-13)11-6-4-10(5-7-11)8-14(16)17;8-4-1-2-5-6(3-4)11-7(9)10-5/h1-7,9H,8H2,(H,16,17);1-3H,(H2,9,10). The molecule has 0 bridgehead atoms. The van der Waals surface area contributed by atoms with Crippen LogP contribution >= 0.6 is 11.3 Å². The summed E-state index contributed by atoms with van der Waals surface area (Å²) in [7, 11) is 0. The van der Waals surface area contributed by atoms with Gasteiger partial charge in [0.05, 0.1) is 16.6 Å². The summed E-state index contributed by atoms with van der Waals surface area (Å²) in [5.74, 6) is -1.39. The predicted molar refractivity (Wildman–Crippen MR) is 107 cm³/mol. The highest BCUT2D eigenvalue weighted by Crippen LogP contribution is 2.24. The maximum atomic E-state index is 13.0. The molecule has 7 heteroatoms. The van der Waals surface area contributed by atoms with Gasteiger partial charge in [0.25, 0.3) is 0 Å². The van der Waals surface area contributed by atoms with Gasteiger partial charge in [0.15, 0.2) is 5.13 Å². The van der Waals surface area contributed by atoms with E-state index in [4.69, 9.17) is 10.8 Å². The Morgan fingerprint density at radius 1 is 0.964 bits per heavy atom. The highest BCUT2D eigenvalue weighted by Gasteiger charge is 2.02. The minimum absolute atomic E-state index is 0.00340. The maximum Gasteiger partial charge on any atom is 0.307 e. The van der Waals surface area contributed by atoms with E-state index in [1.165, 1.54) is 35.6 Å². The van der Waals surface area contributed by atoms with Crippen molar-refractivity contribution in [2.45, 2.75) is 6.42 Å². The Kier molecular flexibility index (Phi) is 5.96. The number of halogens is 2. The molecule has 1 heterocycles. The number of nitrogens with two attached hydrogens (primary N) is 1. The van der Waals surface area contributed by atoms with Crippen LogP contribution in [0, 0.1) is 11.6 Å². The third-order valence-electron chi connectivity index (χ3n) is 3.83. The predicted octanol–water partition coefficient (Wildman–Crippen LogP) is 5.14. The molecule has 0 saturated heterocycles. The molecule has 0 fully saturated rings. The molecule has 0 atom stereocenters. The van der Waals surface area contributed by atoms with Crippen molar-refractivity contribution in [2.24, 2.45) is 0 Å². The second-order valence-corrected chi connectivity index (χ2v) is 7.00. The van der Waals surface area contributed by atoms with Gasteiger partial charge < -0.3 is 10.8 Å². The van der Waals surface area contributed by atoms with E-state index in [9.17, 15) is 13.6 Å². The van der Waals surface area contributed by atoms with Crippen LogP contribution in [0.4, 0.5) is 13.9 Å². The van der Waals surface area contributed by atoms with Crippen LogP contribution < -0.4 is 5.73 Å². The number of aliphatic carboxylic acids is 1. The average molecular weight is 398 g/mol. The molecule has 1 aromatic heterocycles. The number of fused-ring (bicyclic) bond motifs is 1. The zero-order valence-corrected chi connectivity index (χ0v) is 15.4. The van der Waals surface area contributed by atoms with E-state index in [0.717, 1.165) is 26.9 Å². The molecule has 0 radical (unpaired) electrons. The van der Waals surface area contributed by atoms with Crippen molar-refractivity contribution in [3.63, 3.8) is 0 Å². The van der Waals surface area contributed by atoms with Gasteiger partial charge in [-0.15, -0.1) is 0 Å². The van der Waals surface area contributed by atoms with Crippen molar-refractivity contribution in [2.75, 3.05) is 5.73 Å². The number of carbonyl (C=O) groups is 1. The van der Waals surface area contributed by atoms with Crippen molar-refractivity contribution >= 4 is 32.7 Å². The Bertz CT molecular complexity index is 1110. The average Bonchev–Trinajstić information content (AvgIpc) is 3.01. The molecule has 3 aromatic carbocycles. The number of hydrogen-bond donors (Lipinski definition) is 2. The summed E-state index contributed by atoms with van der Waals surface area (Å²) in [5.41, 5.74) is 8.58. The van der Waals surface area contributed by atoms with Crippen LogP contribution in [0.15, 0.2) is 66.7 Å². The van der Waals surface area contributed by atoms with Gasteiger partial charge in [-0.2, -0.15) is 0 Å². The molecule has 0 saturated carbocycles. The van der Waals surface area contributed by atoms with Gasteiger partial charge in [0.2, 0.25) is 0 Å². The topological polar surface area (TPSA) is 76.2 Å². The van der Waals surface area contributed by atoms with E-state index < -0.39 is 5.97 Å². The van der Waals surface area contributed by atoms with Crippen LogP contribution in [-0.2, 0) is 11.2 Å². The Morgan fingerprint density at radius 3 is 2.36 bits per heavy atom. The lowest BCUT2D eigenvalue weighted by atomic mass is 10.0. The first-order valence-electron chi connectivity index (χ1n) is 8.29. The number of thiazole rings is 1. The normalized spacial score (nSPS) is 10.4. The van der Waals surface area contributed by atoms with E-state index in [0.29, 0.717) is 5.13 Å². The zero-order chi connectivity index (χ0) is 20.1. The minimum Gasteiger partial charge on any atom is -0.481 e. The number of hydrogen-bond acceptors (Lipinski definition) is 4. The quantitative estimate of drug-likeness (QED) is 0.501. The van der Waals surface area contributed by atoms with Gasteiger partial charge in [-0.3, -0.25) is 4.79 Å². The lowest BCUT2D eigenvalue weighted by Gasteiger charge is -2.03. The van der Waals surface area contributed by atoms with E-state index >= 15 is 0 Å². The fourth-order valence-electron chi connectivity index (χ4n) is 2.57. The van der Waals surface area contributed by atoms with Crippen LogP contribution in [0.1, 0.15) is 5.56 Å². The molecule has 142 valence electrons. The fraction of sp³-hybridized carbons (Fsp3) is 0.0476. The summed E-state index contributed by atoms with van der Waals surface area (Å²) in [5, 5.41) is 9.12. The van der Waals surface area contributed by atoms with Crippen molar-refractivity contribution in [3.05, 3.63) is 83.9 Å². The molecule has 28 heavy (non-hydrogen) atoms. The minimum atomic E-state index is -0.858. The Morgan fingerprint density at radius 2 is 1.68 bits per heavy atom. The number of carboxylic acid groups (broad SMARTS) is 1. The first-order valence-corrected chi connectivity index (χ1v) is 9.10. The van der Waals surface area contributed by atoms with Gasteiger partial charge in [-0.1, -0.05) is 47.7 Å². The molecule has 4 nitrogen and oxygen atoms in total. The second kappa shape index (κ2) is 8.58.